The van der Waals surface area contributed by atoms with Crippen molar-refractivity contribution in [2.75, 3.05) is 0 Å². The van der Waals surface area contributed by atoms with E-state index in [0.717, 1.165) is 11.8 Å². The fourth-order valence-electron chi connectivity index (χ4n) is 3.23. The predicted octanol–water partition coefficient (Wildman–Crippen LogP) is 4.73. The number of nitrogens with zero attached hydrogens (tertiary/aromatic N) is 1. The Morgan fingerprint density at radius 2 is 2.19 bits per heavy atom. The second-order valence-corrected chi connectivity index (χ2v) is 5.44. The zero-order chi connectivity index (χ0) is 11.4. The van der Waals surface area contributed by atoms with Gasteiger partial charge in [0.1, 0.15) is 0 Å². The first kappa shape index (κ1) is 11.9. The Bertz CT molecular complexity index is 288. The fraction of sp³-hybridized carbons (Fsp3) is 0.800. The Kier molecular flexibility index (Phi) is 4.20. The Labute approximate surface area is 100 Å². The SMILES string of the molecule is CCCCCC1=NC(C)=CCC2CCCC12. The molecule has 2 atom stereocenters. The molecule has 16 heavy (non-hydrogen) atoms. The zero-order valence-corrected chi connectivity index (χ0v) is 10.8. The van der Waals surface area contributed by atoms with E-state index in [2.05, 4.69) is 19.9 Å². The molecule has 2 rings (SSSR count). The molecule has 2 unspecified atom stereocenters. The molecule has 90 valence electrons. The van der Waals surface area contributed by atoms with Crippen molar-refractivity contribution in [3.8, 4) is 0 Å². The summed E-state index contributed by atoms with van der Waals surface area (Å²) < 4.78 is 0. The Morgan fingerprint density at radius 1 is 1.31 bits per heavy atom. The summed E-state index contributed by atoms with van der Waals surface area (Å²) in [6, 6.07) is 0. The number of unbranched alkanes of at least 4 members (excludes halogenated alkanes) is 2. The van der Waals surface area contributed by atoms with Gasteiger partial charge in [-0.1, -0.05) is 32.3 Å². The van der Waals surface area contributed by atoms with Crippen LogP contribution in [0.1, 0.15) is 65.2 Å². The van der Waals surface area contributed by atoms with Crippen molar-refractivity contribution in [2.45, 2.75) is 65.2 Å². The van der Waals surface area contributed by atoms with Gasteiger partial charge in [0, 0.05) is 17.3 Å². The van der Waals surface area contributed by atoms with E-state index in [0.29, 0.717) is 0 Å². The average Bonchev–Trinajstić information content (AvgIpc) is 2.68. The lowest BCUT2D eigenvalue weighted by atomic mass is 9.87. The molecule has 0 spiro atoms. The van der Waals surface area contributed by atoms with E-state index < -0.39 is 0 Å². The normalized spacial score (nSPS) is 29.4. The van der Waals surface area contributed by atoms with Crippen LogP contribution >= 0.6 is 0 Å². The number of allylic oxidation sites excluding steroid dienone is 2. The third kappa shape index (κ3) is 2.75. The summed E-state index contributed by atoms with van der Waals surface area (Å²) in [7, 11) is 0. The van der Waals surface area contributed by atoms with Crippen molar-refractivity contribution < 1.29 is 0 Å². The number of hydrogen-bond acceptors (Lipinski definition) is 1. The van der Waals surface area contributed by atoms with Gasteiger partial charge in [-0.2, -0.15) is 0 Å². The smallest absolute Gasteiger partial charge is 0.0332 e. The third-order valence-corrected chi connectivity index (χ3v) is 4.16. The first-order valence-corrected chi connectivity index (χ1v) is 7.05. The van der Waals surface area contributed by atoms with Crippen LogP contribution in [0.5, 0.6) is 0 Å². The molecule has 1 fully saturated rings. The summed E-state index contributed by atoms with van der Waals surface area (Å²) in [4.78, 5) is 4.87. The van der Waals surface area contributed by atoms with Crippen LogP contribution in [0.25, 0.3) is 0 Å². The van der Waals surface area contributed by atoms with E-state index in [-0.39, 0.29) is 0 Å². The first-order chi connectivity index (χ1) is 7.81. The van der Waals surface area contributed by atoms with E-state index in [1.807, 2.05) is 0 Å². The lowest BCUT2D eigenvalue weighted by molar-refractivity contribution is 0.483. The quantitative estimate of drug-likeness (QED) is 0.606. The first-order valence-electron chi connectivity index (χ1n) is 7.05. The highest BCUT2D eigenvalue weighted by molar-refractivity contribution is 5.88. The maximum atomic E-state index is 4.87. The van der Waals surface area contributed by atoms with Crippen LogP contribution in [0.2, 0.25) is 0 Å². The van der Waals surface area contributed by atoms with Gasteiger partial charge in [-0.3, -0.25) is 4.99 Å². The van der Waals surface area contributed by atoms with Crippen LogP contribution in [0.4, 0.5) is 0 Å². The predicted molar refractivity (Wildman–Crippen MR) is 70.8 cm³/mol. The van der Waals surface area contributed by atoms with Gasteiger partial charge in [-0.25, -0.2) is 0 Å². The summed E-state index contributed by atoms with van der Waals surface area (Å²) in [6.45, 7) is 4.44. The summed E-state index contributed by atoms with van der Waals surface area (Å²) in [5.41, 5.74) is 2.79. The fourth-order valence-corrected chi connectivity index (χ4v) is 3.23. The number of rotatable bonds is 4. The molecule has 0 bridgehead atoms. The molecule has 1 aliphatic carbocycles. The highest BCUT2D eigenvalue weighted by atomic mass is 14.8. The van der Waals surface area contributed by atoms with Gasteiger partial charge in [0.25, 0.3) is 0 Å². The molecule has 1 nitrogen and oxygen atoms in total. The second-order valence-electron chi connectivity index (χ2n) is 5.44. The summed E-state index contributed by atoms with van der Waals surface area (Å²) >= 11 is 0. The molecule has 0 aromatic heterocycles. The molecule has 0 N–H and O–H groups in total. The molecule has 1 heteroatoms. The van der Waals surface area contributed by atoms with E-state index >= 15 is 0 Å². The van der Waals surface area contributed by atoms with Crippen LogP contribution in [0, 0.1) is 11.8 Å². The minimum absolute atomic E-state index is 0.825. The molecule has 0 aromatic rings. The number of hydrogen-bond donors (Lipinski definition) is 0. The maximum Gasteiger partial charge on any atom is 0.0332 e. The van der Waals surface area contributed by atoms with Crippen LogP contribution in [0.15, 0.2) is 16.8 Å². The van der Waals surface area contributed by atoms with Gasteiger partial charge in [-0.15, -0.1) is 0 Å². The van der Waals surface area contributed by atoms with Gasteiger partial charge in [0.05, 0.1) is 0 Å². The molecule has 1 saturated carbocycles. The van der Waals surface area contributed by atoms with Crippen LogP contribution in [-0.2, 0) is 0 Å². The molecule has 0 amide bonds. The zero-order valence-electron chi connectivity index (χ0n) is 10.8. The Balaban J connectivity index is 2.02. The monoisotopic (exact) mass is 219 g/mol. The van der Waals surface area contributed by atoms with Crippen LogP contribution < -0.4 is 0 Å². The van der Waals surface area contributed by atoms with E-state index in [4.69, 9.17) is 4.99 Å². The molecule has 2 aliphatic rings. The minimum atomic E-state index is 0.825. The van der Waals surface area contributed by atoms with E-state index in [9.17, 15) is 0 Å². The third-order valence-electron chi connectivity index (χ3n) is 4.16. The van der Waals surface area contributed by atoms with Crippen molar-refractivity contribution in [3.05, 3.63) is 11.8 Å². The van der Waals surface area contributed by atoms with Crippen molar-refractivity contribution in [1.82, 2.24) is 0 Å². The molecule has 0 aromatic carbocycles. The Morgan fingerprint density at radius 3 is 3.00 bits per heavy atom. The molecular weight excluding hydrogens is 194 g/mol. The summed E-state index contributed by atoms with van der Waals surface area (Å²) in [6.07, 6.45) is 13.2. The van der Waals surface area contributed by atoms with Crippen molar-refractivity contribution in [1.29, 1.82) is 0 Å². The summed E-state index contributed by atoms with van der Waals surface area (Å²) in [5, 5.41) is 0. The van der Waals surface area contributed by atoms with Crippen molar-refractivity contribution in [2.24, 2.45) is 16.8 Å². The Hall–Kier alpha value is -0.590. The highest BCUT2D eigenvalue weighted by Crippen LogP contribution is 2.38. The largest absolute Gasteiger partial charge is 0.263 e. The number of aliphatic imine (C=N–C) groups is 1. The van der Waals surface area contributed by atoms with Crippen molar-refractivity contribution in [3.63, 3.8) is 0 Å². The van der Waals surface area contributed by atoms with Crippen LogP contribution in [0.3, 0.4) is 0 Å². The van der Waals surface area contributed by atoms with Crippen LogP contribution in [-0.4, -0.2) is 5.71 Å². The highest BCUT2D eigenvalue weighted by Gasteiger charge is 2.31. The van der Waals surface area contributed by atoms with E-state index in [1.54, 1.807) is 0 Å². The lowest BCUT2D eigenvalue weighted by Crippen LogP contribution is -2.17. The topological polar surface area (TPSA) is 12.4 Å². The molecule has 0 radical (unpaired) electrons. The molecule has 1 heterocycles. The van der Waals surface area contributed by atoms with Gasteiger partial charge < -0.3 is 0 Å². The molecule has 0 saturated heterocycles. The maximum absolute atomic E-state index is 4.87. The van der Waals surface area contributed by atoms with Crippen molar-refractivity contribution >= 4 is 5.71 Å². The van der Waals surface area contributed by atoms with Gasteiger partial charge in [0.2, 0.25) is 0 Å². The number of fused-ring (bicyclic) bond motifs is 1. The molecule has 1 aliphatic heterocycles. The summed E-state index contributed by atoms with van der Waals surface area (Å²) in [5.74, 6) is 1.74. The van der Waals surface area contributed by atoms with E-state index in [1.165, 1.54) is 62.8 Å². The van der Waals surface area contributed by atoms with Gasteiger partial charge in [-0.05, 0) is 44.9 Å². The van der Waals surface area contributed by atoms with Gasteiger partial charge >= 0.3 is 0 Å². The average molecular weight is 219 g/mol. The standard InChI is InChI=1S/C15H25N/c1-3-4-5-9-15-14-8-6-7-13(14)11-10-12(2)16-15/h10,13-14H,3-9,11H2,1-2H3. The second kappa shape index (κ2) is 5.65. The minimum Gasteiger partial charge on any atom is -0.263 e. The van der Waals surface area contributed by atoms with Gasteiger partial charge in [0.15, 0.2) is 0 Å². The molecular formula is C15H25N. The lowest BCUT2D eigenvalue weighted by Gasteiger charge is -2.18.